The number of alkyl halides is 6. The maximum atomic E-state index is 13.3. The number of thioether (sulfide) groups is 1. The van der Waals surface area contributed by atoms with Gasteiger partial charge in [0.05, 0.1) is 34.2 Å². The lowest BCUT2D eigenvalue weighted by Crippen LogP contribution is -2.47. The minimum Gasteiger partial charge on any atom is -0.478 e. The summed E-state index contributed by atoms with van der Waals surface area (Å²) in [5.41, 5.74) is 0.419. The lowest BCUT2D eigenvalue weighted by molar-refractivity contribution is -0.143. The minimum absolute atomic E-state index is 0.0388. The van der Waals surface area contributed by atoms with Gasteiger partial charge in [-0.05, 0) is 71.1 Å². The Morgan fingerprint density at radius 1 is 1.00 bits per heavy atom. The van der Waals surface area contributed by atoms with Crippen LogP contribution in [-0.4, -0.2) is 50.6 Å². The Kier molecular flexibility index (Phi) is 9.32. The molecule has 1 saturated heterocycles. The van der Waals surface area contributed by atoms with E-state index in [1.165, 1.54) is 41.8 Å². The maximum Gasteiger partial charge on any atom is 0.416 e. The Morgan fingerprint density at radius 2 is 1.62 bits per heavy atom. The van der Waals surface area contributed by atoms with Gasteiger partial charge in [-0.2, -0.15) is 26.3 Å². The molecular formula is C26H19F6N3O4S3. The highest BCUT2D eigenvalue weighted by atomic mass is 32.2. The summed E-state index contributed by atoms with van der Waals surface area (Å²) in [6.45, 7) is -0.307. The minimum atomic E-state index is -4.98. The second-order valence-corrected chi connectivity index (χ2v) is 11.4. The summed E-state index contributed by atoms with van der Waals surface area (Å²) in [6.07, 6.45) is -8.53. The number of thiophene rings is 1. The van der Waals surface area contributed by atoms with Gasteiger partial charge in [0.15, 0.2) is 4.32 Å². The lowest BCUT2D eigenvalue weighted by Gasteiger charge is -2.22. The SMILES string of the molecule is O=C(O)c1ccc(NC(CO)CNN2C(=O)C(=Cc3cc(-c4cc(C(F)(F)F)cc(C(F)(F)F)c4)cs3)SC2=S)cc1. The van der Waals surface area contributed by atoms with Crippen molar-refractivity contribution in [2.75, 3.05) is 18.5 Å². The zero-order chi connectivity index (χ0) is 30.8. The van der Waals surface area contributed by atoms with Crippen molar-refractivity contribution in [3.8, 4) is 11.1 Å². The number of amides is 1. The number of halogens is 6. The van der Waals surface area contributed by atoms with Crippen LogP contribution in [0.25, 0.3) is 17.2 Å². The van der Waals surface area contributed by atoms with Crippen molar-refractivity contribution in [3.63, 3.8) is 0 Å². The van der Waals surface area contributed by atoms with Crippen molar-refractivity contribution in [1.82, 2.24) is 10.4 Å². The fourth-order valence-electron chi connectivity index (χ4n) is 3.74. The van der Waals surface area contributed by atoms with E-state index in [0.29, 0.717) is 22.7 Å². The molecule has 4 rings (SSSR count). The van der Waals surface area contributed by atoms with E-state index < -0.39 is 41.4 Å². The van der Waals surface area contributed by atoms with E-state index in [2.05, 4.69) is 10.7 Å². The van der Waals surface area contributed by atoms with Crippen LogP contribution in [0.4, 0.5) is 32.0 Å². The molecule has 0 spiro atoms. The number of aliphatic hydroxyl groups excluding tert-OH is 1. The molecule has 1 atom stereocenters. The average Bonchev–Trinajstić information content (AvgIpc) is 3.49. The third-order valence-corrected chi connectivity index (χ3v) is 8.01. The van der Waals surface area contributed by atoms with Crippen LogP contribution in [0.2, 0.25) is 0 Å². The number of rotatable bonds is 9. The largest absolute Gasteiger partial charge is 0.478 e. The van der Waals surface area contributed by atoms with Crippen LogP contribution in [0, 0.1) is 0 Å². The second kappa shape index (κ2) is 12.4. The fraction of sp³-hybridized carbons (Fsp3) is 0.192. The van der Waals surface area contributed by atoms with Crippen molar-refractivity contribution in [2.45, 2.75) is 18.4 Å². The summed E-state index contributed by atoms with van der Waals surface area (Å²) in [6, 6.07) is 7.92. The third-order valence-electron chi connectivity index (χ3n) is 5.83. The van der Waals surface area contributed by atoms with Gasteiger partial charge >= 0.3 is 18.3 Å². The molecule has 1 amide bonds. The van der Waals surface area contributed by atoms with Gasteiger partial charge in [0, 0.05) is 17.1 Å². The number of carbonyl (C=O) groups excluding carboxylic acids is 1. The van der Waals surface area contributed by atoms with Gasteiger partial charge in [-0.3, -0.25) is 4.79 Å². The number of hydrogen-bond acceptors (Lipinski definition) is 8. The maximum absolute atomic E-state index is 13.3. The zero-order valence-corrected chi connectivity index (χ0v) is 23.4. The average molecular weight is 648 g/mol. The standard InChI is InChI=1S/C26H19F6N3O4S3/c27-25(28,29)16-5-14(6-17(8-16)26(30,31)32)15-7-20(41-12-15)9-21-22(37)35(24(40)42-21)33-10-19(11-36)34-18-3-1-13(2-4-18)23(38)39/h1-9,12,19,33-34,36H,10-11H2,(H,38,39). The highest BCUT2D eigenvalue weighted by Crippen LogP contribution is 2.40. The number of aliphatic hydroxyl groups is 1. The Labute approximate surface area is 247 Å². The zero-order valence-electron chi connectivity index (χ0n) is 20.9. The van der Waals surface area contributed by atoms with Gasteiger partial charge in [0.2, 0.25) is 0 Å². The molecule has 2 heterocycles. The molecule has 1 aromatic heterocycles. The predicted octanol–water partition coefficient (Wildman–Crippen LogP) is 6.33. The summed E-state index contributed by atoms with van der Waals surface area (Å²) in [4.78, 5) is 24.5. The molecule has 16 heteroatoms. The van der Waals surface area contributed by atoms with Crippen molar-refractivity contribution in [2.24, 2.45) is 0 Å². The number of hydrogen-bond donors (Lipinski definition) is 4. The van der Waals surface area contributed by atoms with Crippen LogP contribution in [0.15, 0.2) is 58.8 Å². The predicted molar refractivity (Wildman–Crippen MR) is 151 cm³/mol. The second-order valence-electron chi connectivity index (χ2n) is 8.82. The molecule has 0 bridgehead atoms. The van der Waals surface area contributed by atoms with Crippen LogP contribution >= 0.6 is 35.3 Å². The highest BCUT2D eigenvalue weighted by Gasteiger charge is 2.37. The Hall–Kier alpha value is -3.44. The Balaban J connectivity index is 1.46. The number of benzene rings is 2. The van der Waals surface area contributed by atoms with E-state index in [4.69, 9.17) is 17.3 Å². The van der Waals surface area contributed by atoms with E-state index in [1.54, 1.807) is 0 Å². The normalized spacial score (nSPS) is 15.9. The molecule has 222 valence electrons. The molecule has 1 fully saturated rings. The molecule has 3 aromatic rings. The van der Waals surface area contributed by atoms with Crippen LogP contribution in [0.5, 0.6) is 0 Å². The van der Waals surface area contributed by atoms with Gasteiger partial charge < -0.3 is 15.5 Å². The van der Waals surface area contributed by atoms with Gasteiger partial charge in [-0.25, -0.2) is 15.2 Å². The topological polar surface area (TPSA) is 102 Å². The number of thiocarbonyl (C=S) groups is 1. The number of nitrogens with zero attached hydrogens (tertiary/aromatic N) is 1. The fourth-order valence-corrected chi connectivity index (χ4v) is 5.87. The molecule has 42 heavy (non-hydrogen) atoms. The summed E-state index contributed by atoms with van der Waals surface area (Å²) < 4.78 is 79.7. The number of aromatic carboxylic acids is 1. The van der Waals surface area contributed by atoms with Crippen LogP contribution < -0.4 is 10.7 Å². The van der Waals surface area contributed by atoms with E-state index in [1.807, 2.05) is 0 Å². The number of carbonyl (C=O) groups is 2. The van der Waals surface area contributed by atoms with Gasteiger partial charge in [-0.15, -0.1) is 11.3 Å². The summed E-state index contributed by atoms with van der Waals surface area (Å²) in [5, 5.41) is 24.2. The highest BCUT2D eigenvalue weighted by molar-refractivity contribution is 8.26. The molecular weight excluding hydrogens is 628 g/mol. The van der Waals surface area contributed by atoms with Crippen molar-refractivity contribution >= 4 is 63.3 Å². The van der Waals surface area contributed by atoms with Crippen molar-refractivity contribution in [3.05, 3.63) is 80.4 Å². The number of carboxylic acids is 1. The number of nitrogens with one attached hydrogen (secondary N) is 2. The van der Waals surface area contributed by atoms with Crippen LogP contribution in [-0.2, 0) is 17.1 Å². The number of anilines is 1. The first-order chi connectivity index (χ1) is 19.7. The first kappa shape index (κ1) is 31.5. The molecule has 1 unspecified atom stereocenters. The monoisotopic (exact) mass is 647 g/mol. The molecule has 0 radical (unpaired) electrons. The summed E-state index contributed by atoms with van der Waals surface area (Å²) >= 11 is 7.22. The van der Waals surface area contributed by atoms with Gasteiger partial charge in [0.1, 0.15) is 0 Å². The molecule has 7 nitrogen and oxygen atoms in total. The first-order valence-electron chi connectivity index (χ1n) is 11.8. The van der Waals surface area contributed by atoms with Crippen molar-refractivity contribution < 1.29 is 46.1 Å². The molecule has 4 N–H and O–H groups in total. The van der Waals surface area contributed by atoms with Crippen molar-refractivity contribution in [1.29, 1.82) is 0 Å². The Bertz CT molecular complexity index is 1500. The molecule has 2 aromatic carbocycles. The van der Waals surface area contributed by atoms with E-state index in [0.717, 1.165) is 28.1 Å². The third kappa shape index (κ3) is 7.49. The van der Waals surface area contributed by atoms with Crippen LogP contribution in [0.3, 0.4) is 0 Å². The first-order valence-corrected chi connectivity index (χ1v) is 13.9. The van der Waals surface area contributed by atoms with Crippen LogP contribution in [0.1, 0.15) is 26.4 Å². The number of carboxylic acid groups (broad SMARTS) is 1. The molecule has 1 aliphatic heterocycles. The summed E-state index contributed by atoms with van der Waals surface area (Å²) in [5.74, 6) is -1.63. The van der Waals surface area contributed by atoms with E-state index >= 15 is 0 Å². The number of hydrazine groups is 1. The quantitative estimate of drug-likeness (QED) is 0.122. The molecule has 1 aliphatic rings. The van der Waals surface area contributed by atoms with E-state index in [9.17, 15) is 41.0 Å². The molecule has 0 aliphatic carbocycles. The van der Waals surface area contributed by atoms with E-state index in [-0.39, 0.29) is 45.1 Å². The summed E-state index contributed by atoms with van der Waals surface area (Å²) in [7, 11) is 0. The molecule has 0 saturated carbocycles. The Morgan fingerprint density at radius 3 is 2.17 bits per heavy atom. The van der Waals surface area contributed by atoms with Gasteiger partial charge in [0.25, 0.3) is 5.91 Å². The lowest BCUT2D eigenvalue weighted by atomic mass is 10.0. The van der Waals surface area contributed by atoms with Gasteiger partial charge in [-0.1, -0.05) is 24.0 Å². The smallest absolute Gasteiger partial charge is 0.416 e.